The van der Waals surface area contributed by atoms with Gasteiger partial charge >= 0.3 is 0 Å². The van der Waals surface area contributed by atoms with E-state index < -0.39 is 0 Å². The molecular weight excluding hydrogens is 429 g/mol. The third-order valence-corrected chi connectivity index (χ3v) is 4.19. The largest absolute Gasteiger partial charge is 0.377 e. The van der Waals surface area contributed by atoms with Gasteiger partial charge in [-0.3, -0.25) is 4.99 Å². The molecule has 1 aliphatic rings. The van der Waals surface area contributed by atoms with E-state index in [1.807, 2.05) is 0 Å². The zero-order chi connectivity index (χ0) is 17.2. The van der Waals surface area contributed by atoms with Crippen molar-refractivity contribution in [1.82, 2.24) is 10.6 Å². The summed E-state index contributed by atoms with van der Waals surface area (Å²) in [5, 5.41) is 6.76. The summed E-state index contributed by atoms with van der Waals surface area (Å²) < 4.78 is 11.2. The summed E-state index contributed by atoms with van der Waals surface area (Å²) in [5.41, 5.74) is 2.57. The van der Waals surface area contributed by atoms with Crippen LogP contribution in [0.3, 0.4) is 0 Å². The molecule has 5 nitrogen and oxygen atoms in total. The number of guanidine groups is 1. The molecule has 0 aliphatic carbocycles. The Bertz CT molecular complexity index is 519. The van der Waals surface area contributed by atoms with E-state index in [1.54, 1.807) is 0 Å². The van der Waals surface area contributed by atoms with Crippen LogP contribution < -0.4 is 10.6 Å². The number of aliphatic imine (C=N–C) groups is 1. The molecule has 142 valence electrons. The van der Waals surface area contributed by atoms with Gasteiger partial charge in [0.05, 0.1) is 31.9 Å². The number of nitrogens with zero attached hydrogens (tertiary/aromatic N) is 1. The van der Waals surface area contributed by atoms with Crippen molar-refractivity contribution >= 4 is 29.9 Å². The van der Waals surface area contributed by atoms with E-state index >= 15 is 0 Å². The second kappa shape index (κ2) is 12.5. The molecule has 1 saturated heterocycles. The number of aryl methyl sites for hydroxylation is 1. The number of halogens is 1. The first kappa shape index (κ1) is 22.2. The number of hydrogen-bond donors (Lipinski definition) is 2. The Balaban J connectivity index is 0.00000312. The highest BCUT2D eigenvalue weighted by molar-refractivity contribution is 14.0. The average molecular weight is 461 g/mol. The van der Waals surface area contributed by atoms with Gasteiger partial charge in [-0.2, -0.15) is 0 Å². The summed E-state index contributed by atoms with van der Waals surface area (Å²) in [4.78, 5) is 4.60. The fourth-order valence-electron chi connectivity index (χ4n) is 2.89. The van der Waals surface area contributed by atoms with Crippen LogP contribution in [-0.2, 0) is 9.47 Å². The molecule has 0 aromatic heterocycles. The normalized spacial score (nSPS) is 18.5. The van der Waals surface area contributed by atoms with E-state index in [0.717, 1.165) is 32.0 Å². The van der Waals surface area contributed by atoms with E-state index in [-0.39, 0.29) is 36.1 Å². The Morgan fingerprint density at radius 3 is 2.88 bits per heavy atom. The lowest BCUT2D eigenvalue weighted by atomic mass is 10.0. The summed E-state index contributed by atoms with van der Waals surface area (Å²) in [7, 11) is 0. The highest BCUT2D eigenvalue weighted by atomic mass is 127. The molecule has 1 aromatic carbocycles. The maximum Gasteiger partial charge on any atom is 0.191 e. The van der Waals surface area contributed by atoms with Crippen molar-refractivity contribution in [1.29, 1.82) is 0 Å². The van der Waals surface area contributed by atoms with Crippen molar-refractivity contribution in [2.45, 2.75) is 45.8 Å². The number of ether oxygens (including phenoxy) is 2. The van der Waals surface area contributed by atoms with Crippen LogP contribution in [0.15, 0.2) is 29.3 Å². The first-order valence-electron chi connectivity index (χ1n) is 9.00. The van der Waals surface area contributed by atoms with Crippen LogP contribution in [0.4, 0.5) is 0 Å². The maximum atomic E-state index is 5.67. The van der Waals surface area contributed by atoms with Crippen molar-refractivity contribution in [3.8, 4) is 0 Å². The summed E-state index contributed by atoms with van der Waals surface area (Å²) >= 11 is 0. The van der Waals surface area contributed by atoms with Crippen molar-refractivity contribution < 1.29 is 9.47 Å². The van der Waals surface area contributed by atoms with Crippen LogP contribution in [0.5, 0.6) is 0 Å². The van der Waals surface area contributed by atoms with Gasteiger partial charge in [-0.05, 0) is 44.7 Å². The summed E-state index contributed by atoms with van der Waals surface area (Å²) in [5.74, 6) is 0.828. The van der Waals surface area contributed by atoms with Crippen LogP contribution in [0.1, 0.15) is 43.9 Å². The van der Waals surface area contributed by atoms with Crippen molar-refractivity contribution in [3.63, 3.8) is 0 Å². The van der Waals surface area contributed by atoms with Crippen LogP contribution in [0.2, 0.25) is 0 Å². The Hall–Kier alpha value is -0.860. The Kier molecular flexibility index (Phi) is 11.1. The SMILES string of the molecule is CCNC(=NCCOCC1CCCO1)NC(C)c1ccccc1C.I. The zero-order valence-electron chi connectivity index (χ0n) is 15.6. The molecule has 1 heterocycles. The van der Waals surface area contributed by atoms with Gasteiger partial charge in [-0.15, -0.1) is 24.0 Å². The molecular formula is C19H32IN3O2. The molecule has 2 rings (SSSR count). The predicted molar refractivity (Wildman–Crippen MR) is 114 cm³/mol. The molecule has 0 spiro atoms. The molecule has 1 aliphatic heterocycles. The Labute approximate surface area is 169 Å². The molecule has 0 bridgehead atoms. The van der Waals surface area contributed by atoms with Gasteiger partial charge in [-0.25, -0.2) is 0 Å². The number of hydrogen-bond acceptors (Lipinski definition) is 3. The number of rotatable bonds is 8. The highest BCUT2D eigenvalue weighted by Crippen LogP contribution is 2.16. The van der Waals surface area contributed by atoms with Gasteiger partial charge in [0.1, 0.15) is 0 Å². The fourth-order valence-corrected chi connectivity index (χ4v) is 2.89. The Morgan fingerprint density at radius 2 is 2.20 bits per heavy atom. The second-order valence-corrected chi connectivity index (χ2v) is 6.19. The van der Waals surface area contributed by atoms with Gasteiger partial charge < -0.3 is 20.1 Å². The number of nitrogens with one attached hydrogen (secondary N) is 2. The standard InChI is InChI=1S/C19H31N3O2.HI/c1-4-20-19(21-11-13-23-14-17-9-7-12-24-17)22-16(3)18-10-6-5-8-15(18)2;/h5-6,8,10,16-17H,4,7,9,11-14H2,1-3H3,(H2,20,21,22);1H. The fraction of sp³-hybridized carbons (Fsp3) is 0.632. The summed E-state index contributed by atoms with van der Waals surface area (Å²) in [6.07, 6.45) is 2.54. The monoisotopic (exact) mass is 461 g/mol. The lowest BCUT2D eigenvalue weighted by molar-refractivity contribution is 0.0200. The van der Waals surface area contributed by atoms with Gasteiger partial charge in [0, 0.05) is 13.2 Å². The molecule has 2 N–H and O–H groups in total. The molecule has 0 saturated carbocycles. The lowest BCUT2D eigenvalue weighted by Crippen LogP contribution is -2.39. The van der Waals surface area contributed by atoms with E-state index in [9.17, 15) is 0 Å². The first-order chi connectivity index (χ1) is 11.7. The Morgan fingerprint density at radius 1 is 1.40 bits per heavy atom. The van der Waals surface area contributed by atoms with E-state index in [1.165, 1.54) is 11.1 Å². The van der Waals surface area contributed by atoms with E-state index in [0.29, 0.717) is 19.8 Å². The van der Waals surface area contributed by atoms with Gasteiger partial charge in [0.15, 0.2) is 5.96 Å². The van der Waals surface area contributed by atoms with Crippen molar-refractivity contribution in [3.05, 3.63) is 35.4 Å². The quantitative estimate of drug-likeness (QED) is 0.270. The zero-order valence-corrected chi connectivity index (χ0v) is 17.9. The van der Waals surface area contributed by atoms with Gasteiger partial charge in [0.2, 0.25) is 0 Å². The third-order valence-electron chi connectivity index (χ3n) is 4.19. The molecule has 0 amide bonds. The summed E-state index contributed by atoms with van der Waals surface area (Å²) in [6, 6.07) is 8.63. The molecule has 25 heavy (non-hydrogen) atoms. The maximum absolute atomic E-state index is 5.67. The van der Waals surface area contributed by atoms with Gasteiger partial charge in [0.25, 0.3) is 0 Å². The minimum Gasteiger partial charge on any atom is -0.377 e. The number of benzene rings is 1. The van der Waals surface area contributed by atoms with Gasteiger partial charge in [-0.1, -0.05) is 24.3 Å². The molecule has 1 aromatic rings. The molecule has 2 unspecified atom stereocenters. The first-order valence-corrected chi connectivity index (χ1v) is 9.00. The molecule has 1 fully saturated rings. The van der Waals surface area contributed by atoms with Crippen LogP contribution in [0.25, 0.3) is 0 Å². The van der Waals surface area contributed by atoms with E-state index in [2.05, 4.69) is 60.7 Å². The average Bonchev–Trinajstić information content (AvgIpc) is 3.08. The van der Waals surface area contributed by atoms with Crippen molar-refractivity contribution in [2.24, 2.45) is 4.99 Å². The molecule has 0 radical (unpaired) electrons. The molecule has 2 atom stereocenters. The minimum atomic E-state index is 0. The lowest BCUT2D eigenvalue weighted by Gasteiger charge is -2.19. The van der Waals surface area contributed by atoms with Crippen molar-refractivity contribution in [2.75, 3.05) is 32.9 Å². The van der Waals surface area contributed by atoms with E-state index in [4.69, 9.17) is 9.47 Å². The smallest absolute Gasteiger partial charge is 0.191 e. The van der Waals surface area contributed by atoms with Crippen LogP contribution in [-0.4, -0.2) is 45.0 Å². The minimum absolute atomic E-state index is 0. The topological polar surface area (TPSA) is 54.9 Å². The molecule has 6 heteroatoms. The highest BCUT2D eigenvalue weighted by Gasteiger charge is 2.15. The van der Waals surface area contributed by atoms with Crippen LogP contribution >= 0.6 is 24.0 Å². The summed E-state index contributed by atoms with van der Waals surface area (Å²) in [6.45, 7) is 10.0. The predicted octanol–water partition coefficient (Wildman–Crippen LogP) is 3.42. The second-order valence-electron chi connectivity index (χ2n) is 6.19. The van der Waals surface area contributed by atoms with Crippen LogP contribution in [0, 0.1) is 6.92 Å². The third kappa shape index (κ3) is 7.92.